The van der Waals surface area contributed by atoms with Gasteiger partial charge in [0.2, 0.25) is 21.8 Å². The van der Waals surface area contributed by atoms with Crippen LogP contribution in [0.4, 0.5) is 5.69 Å². The molecule has 1 atom stereocenters. The van der Waals surface area contributed by atoms with E-state index in [2.05, 4.69) is 5.32 Å². The smallest absolute Gasteiger partial charge is 0.243 e. The molecule has 0 spiro atoms. The largest absolute Gasteiger partial charge is 0.486 e. The van der Waals surface area contributed by atoms with Crippen LogP contribution >= 0.6 is 23.2 Å². The minimum atomic E-state index is -3.69. The maximum Gasteiger partial charge on any atom is 0.243 e. The first-order valence-corrected chi connectivity index (χ1v) is 17.6. The van der Waals surface area contributed by atoms with Gasteiger partial charge in [0.1, 0.15) is 19.3 Å². The number of carbonyl (C=O) groups is 2. The number of ether oxygens (including phenoxy) is 2. The Hall–Kier alpha value is -3.47. The molecule has 0 saturated heterocycles. The zero-order chi connectivity index (χ0) is 32.4. The average Bonchev–Trinajstić information content (AvgIpc) is 3.02. The van der Waals surface area contributed by atoms with E-state index in [4.69, 9.17) is 32.7 Å². The van der Waals surface area contributed by atoms with Crippen molar-refractivity contribution >= 4 is 50.7 Å². The molecule has 0 saturated carbocycles. The summed E-state index contributed by atoms with van der Waals surface area (Å²) in [4.78, 5) is 29.2. The van der Waals surface area contributed by atoms with Crippen molar-refractivity contribution in [1.29, 1.82) is 0 Å². The molecule has 4 rings (SSSR count). The maximum absolute atomic E-state index is 14.1. The third-order valence-electron chi connectivity index (χ3n) is 7.46. The van der Waals surface area contributed by atoms with E-state index in [-0.39, 0.29) is 44.2 Å². The molecule has 3 aromatic rings. The fraction of sp³-hybridized carbons (Fsp3) is 0.394. The summed E-state index contributed by atoms with van der Waals surface area (Å²) in [6.45, 7) is 3.35. The molecule has 1 unspecified atom stereocenters. The first-order chi connectivity index (χ1) is 21.6. The number of sulfonamides is 1. The van der Waals surface area contributed by atoms with Crippen LogP contribution in [-0.2, 0) is 32.6 Å². The van der Waals surface area contributed by atoms with E-state index in [1.807, 2.05) is 37.3 Å². The molecule has 3 aromatic carbocycles. The molecule has 0 fully saturated rings. The van der Waals surface area contributed by atoms with E-state index < -0.39 is 16.1 Å². The second kappa shape index (κ2) is 16.2. The van der Waals surface area contributed by atoms with Gasteiger partial charge in [0.15, 0.2) is 11.5 Å². The fourth-order valence-corrected chi connectivity index (χ4v) is 6.58. The summed E-state index contributed by atoms with van der Waals surface area (Å²) >= 11 is 13.0. The van der Waals surface area contributed by atoms with Crippen molar-refractivity contribution in [2.24, 2.45) is 0 Å². The van der Waals surface area contributed by atoms with E-state index in [0.717, 1.165) is 24.7 Å². The van der Waals surface area contributed by atoms with Gasteiger partial charge >= 0.3 is 0 Å². The van der Waals surface area contributed by atoms with Crippen molar-refractivity contribution in [2.45, 2.75) is 51.6 Å². The van der Waals surface area contributed by atoms with E-state index in [9.17, 15) is 18.0 Å². The van der Waals surface area contributed by atoms with E-state index in [1.165, 1.54) is 9.21 Å². The van der Waals surface area contributed by atoms with Gasteiger partial charge in [-0.05, 0) is 42.7 Å². The van der Waals surface area contributed by atoms with Gasteiger partial charge in [-0.2, -0.15) is 0 Å². The van der Waals surface area contributed by atoms with Crippen molar-refractivity contribution in [3.8, 4) is 11.5 Å². The number of nitrogens with zero attached hydrogens (tertiary/aromatic N) is 2. The second-order valence-corrected chi connectivity index (χ2v) is 13.6. The highest BCUT2D eigenvalue weighted by Gasteiger charge is 2.31. The van der Waals surface area contributed by atoms with E-state index >= 15 is 0 Å². The van der Waals surface area contributed by atoms with Crippen LogP contribution in [-0.4, -0.2) is 63.7 Å². The Morgan fingerprint density at radius 1 is 0.933 bits per heavy atom. The van der Waals surface area contributed by atoms with Crippen LogP contribution in [0.3, 0.4) is 0 Å². The van der Waals surface area contributed by atoms with Gasteiger partial charge < -0.3 is 19.7 Å². The Balaban J connectivity index is 1.60. The molecule has 2 amide bonds. The third-order valence-corrected chi connectivity index (χ3v) is 9.36. The molecule has 9 nitrogen and oxygen atoms in total. The van der Waals surface area contributed by atoms with Gasteiger partial charge in [-0.1, -0.05) is 72.9 Å². The molecule has 1 N–H and O–H groups in total. The topological polar surface area (TPSA) is 105 Å². The van der Waals surface area contributed by atoms with Gasteiger partial charge in [0.25, 0.3) is 0 Å². The van der Waals surface area contributed by atoms with Crippen LogP contribution in [0.5, 0.6) is 11.5 Å². The van der Waals surface area contributed by atoms with Crippen molar-refractivity contribution in [1.82, 2.24) is 10.2 Å². The van der Waals surface area contributed by atoms with Gasteiger partial charge in [-0.15, -0.1) is 0 Å². The van der Waals surface area contributed by atoms with Gasteiger partial charge in [0, 0.05) is 54.2 Å². The molecular weight excluding hydrogens is 637 g/mol. The number of unbranched alkanes of at least 4 members (excludes halogenated alkanes) is 1. The quantitative estimate of drug-likeness (QED) is 0.202. The number of hydrogen-bond donors (Lipinski definition) is 1. The van der Waals surface area contributed by atoms with Crippen molar-refractivity contribution < 1.29 is 27.5 Å². The van der Waals surface area contributed by atoms with Crippen LogP contribution in [0.25, 0.3) is 0 Å². The lowest BCUT2D eigenvalue weighted by Gasteiger charge is -2.32. The van der Waals surface area contributed by atoms with Crippen molar-refractivity contribution in [2.75, 3.05) is 36.9 Å². The number of nitrogens with one attached hydrogen (secondary N) is 1. The number of amides is 2. The van der Waals surface area contributed by atoms with Crippen LogP contribution in [0.1, 0.15) is 43.7 Å². The van der Waals surface area contributed by atoms with Crippen LogP contribution in [0, 0.1) is 0 Å². The average molecular weight is 677 g/mol. The highest BCUT2D eigenvalue weighted by molar-refractivity contribution is 7.92. The Bertz CT molecular complexity index is 1550. The van der Waals surface area contributed by atoms with Crippen LogP contribution < -0.4 is 19.1 Å². The number of hydrogen-bond acceptors (Lipinski definition) is 6. The normalized spacial score (nSPS) is 13.2. The zero-order valence-electron chi connectivity index (χ0n) is 25.5. The Morgan fingerprint density at radius 3 is 2.29 bits per heavy atom. The number of fused-ring (bicyclic) bond motifs is 1. The predicted octanol–water partition coefficient (Wildman–Crippen LogP) is 5.87. The molecule has 0 aliphatic carbocycles. The lowest BCUT2D eigenvalue weighted by atomic mass is 10.0. The van der Waals surface area contributed by atoms with Gasteiger partial charge in [-0.3, -0.25) is 13.9 Å². The number of carbonyl (C=O) groups excluding carboxylic acids is 2. The Kier molecular flexibility index (Phi) is 12.4. The summed E-state index contributed by atoms with van der Waals surface area (Å²) in [5.74, 6) is 0.402. The molecule has 0 radical (unpaired) electrons. The fourth-order valence-electron chi connectivity index (χ4n) is 5.10. The second-order valence-electron chi connectivity index (χ2n) is 10.8. The molecule has 1 heterocycles. The summed E-state index contributed by atoms with van der Waals surface area (Å²) in [6.07, 6.45) is 3.28. The van der Waals surface area contributed by atoms with Crippen molar-refractivity contribution in [3.05, 3.63) is 87.9 Å². The maximum atomic E-state index is 14.1. The molecule has 45 heavy (non-hydrogen) atoms. The first-order valence-electron chi connectivity index (χ1n) is 15.0. The molecule has 0 bridgehead atoms. The minimum Gasteiger partial charge on any atom is -0.486 e. The van der Waals surface area contributed by atoms with Gasteiger partial charge in [0.05, 0.1) is 11.9 Å². The SMILES string of the molecule is CCCCNC(=O)C(Cc1ccccc1)N(Cc1c(Cl)cccc1Cl)C(=O)CCCN(c1ccc2c(c1)OCCO2)S(C)(=O)=O. The summed E-state index contributed by atoms with van der Waals surface area (Å²) < 4.78 is 38.1. The molecule has 0 aromatic heterocycles. The highest BCUT2D eigenvalue weighted by atomic mass is 35.5. The van der Waals surface area contributed by atoms with E-state index in [1.54, 1.807) is 36.4 Å². The third kappa shape index (κ3) is 9.51. The lowest BCUT2D eigenvalue weighted by Crippen LogP contribution is -2.50. The number of anilines is 1. The summed E-state index contributed by atoms with van der Waals surface area (Å²) in [6, 6.07) is 18.7. The molecule has 242 valence electrons. The summed E-state index contributed by atoms with van der Waals surface area (Å²) in [7, 11) is -3.69. The van der Waals surface area contributed by atoms with Crippen molar-refractivity contribution in [3.63, 3.8) is 0 Å². The molecule has 12 heteroatoms. The zero-order valence-corrected chi connectivity index (χ0v) is 27.8. The number of halogens is 2. The minimum absolute atomic E-state index is 0.00793. The molecule has 1 aliphatic heterocycles. The highest BCUT2D eigenvalue weighted by Crippen LogP contribution is 2.35. The predicted molar refractivity (Wildman–Crippen MR) is 178 cm³/mol. The Morgan fingerprint density at radius 2 is 1.62 bits per heavy atom. The lowest BCUT2D eigenvalue weighted by molar-refractivity contribution is -0.141. The monoisotopic (exact) mass is 675 g/mol. The number of rotatable bonds is 15. The van der Waals surface area contributed by atoms with E-state index in [0.29, 0.717) is 52.6 Å². The van der Waals surface area contributed by atoms with Crippen LogP contribution in [0.2, 0.25) is 10.0 Å². The summed E-state index contributed by atoms with van der Waals surface area (Å²) in [5, 5.41) is 3.75. The summed E-state index contributed by atoms with van der Waals surface area (Å²) in [5.41, 5.74) is 1.83. The number of benzene rings is 3. The van der Waals surface area contributed by atoms with Crippen LogP contribution in [0.15, 0.2) is 66.7 Å². The Labute approximate surface area is 275 Å². The molecular formula is C33H39Cl2N3O6S. The first kappa shape index (κ1) is 34.4. The molecule has 1 aliphatic rings. The standard InChI is InChI=1S/C33H39Cl2N3O6S/c1-3-4-17-36-33(40)29(21-24-10-6-5-7-11-24)37(23-26-27(34)12-8-13-28(26)35)32(39)14-9-18-38(45(2,41)42)25-15-16-30-31(22-25)44-20-19-43-30/h5-8,10-13,15-16,22,29H,3-4,9,14,17-21,23H2,1-2H3,(H,36,40). The van der Waals surface area contributed by atoms with Gasteiger partial charge in [-0.25, -0.2) is 8.42 Å².